The van der Waals surface area contributed by atoms with Crippen molar-refractivity contribution in [2.75, 3.05) is 0 Å². The van der Waals surface area contributed by atoms with Crippen LogP contribution in [0.2, 0.25) is 0 Å². The molecule has 0 aliphatic heterocycles. The molecule has 0 atom stereocenters. The molecule has 0 unspecified atom stereocenters. The summed E-state index contributed by atoms with van der Waals surface area (Å²) in [5.41, 5.74) is 1.05. The van der Waals surface area contributed by atoms with Crippen molar-refractivity contribution in [3.63, 3.8) is 0 Å². The lowest BCUT2D eigenvalue weighted by atomic mass is 10.0. The Bertz CT molecular complexity index is 564. The van der Waals surface area contributed by atoms with Crippen molar-refractivity contribution in [2.45, 2.75) is 13.5 Å². The maximum absolute atomic E-state index is 13.2. The number of hydrogen-bond acceptors (Lipinski definition) is 2. The lowest BCUT2D eigenvalue weighted by Gasteiger charge is -2.03. The van der Waals surface area contributed by atoms with Crippen LogP contribution in [0.3, 0.4) is 0 Å². The van der Waals surface area contributed by atoms with Gasteiger partial charge in [0.25, 0.3) is 0 Å². The summed E-state index contributed by atoms with van der Waals surface area (Å²) >= 11 is 0. The van der Waals surface area contributed by atoms with E-state index < -0.39 is 11.6 Å². The molecule has 0 spiro atoms. The van der Waals surface area contributed by atoms with Gasteiger partial charge in [-0.3, -0.25) is 9.48 Å². The maximum atomic E-state index is 13.2. The zero-order chi connectivity index (χ0) is 12.4. The molecule has 2 aromatic rings. The second kappa shape index (κ2) is 4.45. The molecule has 0 fully saturated rings. The van der Waals surface area contributed by atoms with Crippen LogP contribution in [0, 0.1) is 11.6 Å². The van der Waals surface area contributed by atoms with E-state index in [1.54, 1.807) is 10.9 Å². The minimum atomic E-state index is -1.03. The summed E-state index contributed by atoms with van der Waals surface area (Å²) in [5, 5.41) is 4.02. The van der Waals surface area contributed by atoms with Gasteiger partial charge in [-0.15, -0.1) is 0 Å². The third-order valence-corrected chi connectivity index (χ3v) is 2.49. The van der Waals surface area contributed by atoms with E-state index in [9.17, 15) is 13.6 Å². The van der Waals surface area contributed by atoms with Crippen LogP contribution in [0.15, 0.2) is 24.5 Å². The van der Waals surface area contributed by atoms with Gasteiger partial charge in [0.1, 0.15) is 0 Å². The predicted octanol–water partition coefficient (Wildman–Crippen LogP) is 2.66. The van der Waals surface area contributed by atoms with E-state index in [0.717, 1.165) is 12.1 Å². The quantitative estimate of drug-likeness (QED) is 0.768. The van der Waals surface area contributed by atoms with Gasteiger partial charge in [0.05, 0.1) is 6.20 Å². The summed E-state index contributed by atoms with van der Waals surface area (Å²) in [5.74, 6) is -2.01. The molecule has 0 saturated heterocycles. The van der Waals surface area contributed by atoms with E-state index in [0.29, 0.717) is 24.0 Å². The predicted molar refractivity (Wildman–Crippen MR) is 58.6 cm³/mol. The molecule has 1 aromatic carbocycles. The van der Waals surface area contributed by atoms with Crippen molar-refractivity contribution >= 4 is 6.29 Å². The van der Waals surface area contributed by atoms with Gasteiger partial charge in [0.15, 0.2) is 17.9 Å². The molecule has 0 bridgehead atoms. The fourth-order valence-electron chi connectivity index (χ4n) is 1.59. The minimum absolute atomic E-state index is 0.111. The number of benzene rings is 1. The largest absolute Gasteiger partial charge is 0.298 e. The Morgan fingerprint density at radius 1 is 1.35 bits per heavy atom. The average Bonchev–Trinajstić information content (AvgIpc) is 2.80. The molecule has 1 heterocycles. The average molecular weight is 236 g/mol. The molecule has 0 aliphatic rings. The van der Waals surface area contributed by atoms with Crippen LogP contribution in [-0.4, -0.2) is 16.1 Å². The Morgan fingerprint density at radius 3 is 2.65 bits per heavy atom. The van der Waals surface area contributed by atoms with Crippen molar-refractivity contribution in [3.05, 3.63) is 41.7 Å². The first-order valence-electron chi connectivity index (χ1n) is 5.12. The van der Waals surface area contributed by atoms with E-state index in [4.69, 9.17) is 0 Å². The third-order valence-electron chi connectivity index (χ3n) is 2.49. The van der Waals surface area contributed by atoms with Gasteiger partial charge in [0, 0.05) is 23.9 Å². The lowest BCUT2D eigenvalue weighted by Crippen LogP contribution is -1.94. The van der Waals surface area contributed by atoms with Crippen LogP contribution < -0.4 is 0 Å². The molecule has 1 aromatic heterocycles. The highest BCUT2D eigenvalue weighted by atomic mass is 19.2. The number of carbonyl (C=O) groups is 1. The molecule has 0 saturated carbocycles. The zero-order valence-electron chi connectivity index (χ0n) is 9.15. The first-order chi connectivity index (χ1) is 8.15. The number of hydrogen-bond donors (Lipinski definition) is 0. The van der Waals surface area contributed by atoms with Gasteiger partial charge in [-0.1, -0.05) is 0 Å². The number of aldehydes is 1. The molecule has 88 valence electrons. The molecule has 2 rings (SSSR count). The van der Waals surface area contributed by atoms with Crippen molar-refractivity contribution < 1.29 is 13.6 Å². The first-order valence-corrected chi connectivity index (χ1v) is 5.12. The van der Waals surface area contributed by atoms with Crippen LogP contribution in [0.5, 0.6) is 0 Å². The minimum Gasteiger partial charge on any atom is -0.298 e. The number of carbonyl (C=O) groups excluding carboxylic acids is 1. The van der Waals surface area contributed by atoms with Crippen molar-refractivity contribution in [1.29, 1.82) is 0 Å². The Kier molecular flexibility index (Phi) is 2.99. The molecular formula is C12H10F2N2O. The van der Waals surface area contributed by atoms with E-state index in [1.165, 1.54) is 6.20 Å². The molecule has 5 heteroatoms. The zero-order valence-corrected chi connectivity index (χ0v) is 9.15. The van der Waals surface area contributed by atoms with Gasteiger partial charge in [0.2, 0.25) is 0 Å². The van der Waals surface area contributed by atoms with Crippen molar-refractivity contribution in [3.8, 4) is 11.1 Å². The highest BCUT2D eigenvalue weighted by Crippen LogP contribution is 2.24. The highest BCUT2D eigenvalue weighted by molar-refractivity contribution is 5.87. The van der Waals surface area contributed by atoms with Gasteiger partial charge >= 0.3 is 0 Å². The summed E-state index contributed by atoms with van der Waals surface area (Å²) < 4.78 is 27.8. The molecular weight excluding hydrogens is 226 g/mol. The van der Waals surface area contributed by atoms with Crippen LogP contribution >= 0.6 is 0 Å². The van der Waals surface area contributed by atoms with Crippen LogP contribution in [-0.2, 0) is 6.54 Å². The number of nitrogens with zero attached hydrogens (tertiary/aromatic N) is 2. The molecule has 17 heavy (non-hydrogen) atoms. The van der Waals surface area contributed by atoms with E-state index in [2.05, 4.69) is 5.10 Å². The summed E-state index contributed by atoms with van der Waals surface area (Å²) in [6.07, 6.45) is 3.70. The first kappa shape index (κ1) is 11.4. The van der Waals surface area contributed by atoms with E-state index in [-0.39, 0.29) is 5.56 Å². The van der Waals surface area contributed by atoms with Gasteiger partial charge in [-0.25, -0.2) is 8.78 Å². The fourth-order valence-corrected chi connectivity index (χ4v) is 1.59. The Balaban J connectivity index is 2.57. The van der Waals surface area contributed by atoms with Gasteiger partial charge in [-0.05, 0) is 24.6 Å². The third kappa shape index (κ3) is 2.08. The topological polar surface area (TPSA) is 34.9 Å². The summed E-state index contributed by atoms with van der Waals surface area (Å²) in [7, 11) is 0. The molecule has 0 aliphatic carbocycles. The fraction of sp³-hybridized carbons (Fsp3) is 0.167. The molecule has 0 N–H and O–H groups in total. The smallest absolute Gasteiger partial charge is 0.159 e. The number of rotatable bonds is 3. The van der Waals surface area contributed by atoms with Crippen molar-refractivity contribution in [1.82, 2.24) is 9.78 Å². The SMILES string of the molecule is CCn1cc(-c2cc(F)c(F)cc2C=O)cn1. The summed E-state index contributed by atoms with van der Waals surface area (Å²) in [4.78, 5) is 10.8. The number of aryl methyl sites for hydroxylation is 1. The van der Waals surface area contributed by atoms with Crippen LogP contribution in [0.25, 0.3) is 11.1 Å². The Hall–Kier alpha value is -2.04. The lowest BCUT2D eigenvalue weighted by molar-refractivity contribution is 0.112. The van der Waals surface area contributed by atoms with Gasteiger partial charge in [-0.2, -0.15) is 5.10 Å². The highest BCUT2D eigenvalue weighted by Gasteiger charge is 2.12. The normalized spacial score (nSPS) is 10.5. The molecule has 3 nitrogen and oxygen atoms in total. The second-order valence-corrected chi connectivity index (χ2v) is 3.56. The summed E-state index contributed by atoms with van der Waals surface area (Å²) in [6, 6.07) is 1.90. The Labute approximate surface area is 96.7 Å². The van der Waals surface area contributed by atoms with Crippen LogP contribution in [0.1, 0.15) is 17.3 Å². The van der Waals surface area contributed by atoms with E-state index >= 15 is 0 Å². The second-order valence-electron chi connectivity index (χ2n) is 3.56. The molecule has 0 amide bonds. The van der Waals surface area contributed by atoms with Gasteiger partial charge < -0.3 is 0 Å². The maximum Gasteiger partial charge on any atom is 0.159 e. The number of halogens is 2. The van der Waals surface area contributed by atoms with Crippen molar-refractivity contribution in [2.24, 2.45) is 0 Å². The number of aromatic nitrogens is 2. The standard InChI is InChI=1S/C12H10F2N2O/c1-2-16-6-9(5-15-16)10-4-12(14)11(13)3-8(10)7-17/h3-7H,2H2,1H3. The monoisotopic (exact) mass is 236 g/mol. The summed E-state index contributed by atoms with van der Waals surface area (Å²) in [6.45, 7) is 2.57. The Morgan fingerprint density at radius 2 is 2.06 bits per heavy atom. The van der Waals surface area contributed by atoms with E-state index in [1.807, 2.05) is 6.92 Å². The molecule has 0 radical (unpaired) electrons. The van der Waals surface area contributed by atoms with Crippen LogP contribution in [0.4, 0.5) is 8.78 Å².